The molecule has 1 aromatic carbocycles. The molecule has 100 valence electrons. The summed E-state index contributed by atoms with van der Waals surface area (Å²) in [6, 6.07) is 8.75. The summed E-state index contributed by atoms with van der Waals surface area (Å²) in [4.78, 5) is 4.79. The first-order chi connectivity index (χ1) is 8.63. The van der Waals surface area contributed by atoms with Gasteiger partial charge in [-0.1, -0.05) is 25.1 Å². The number of hydrogen-bond acceptors (Lipinski definition) is 3. The topological polar surface area (TPSA) is 26.7 Å². The Balaban J connectivity index is 2.27. The highest BCUT2D eigenvalue weighted by Crippen LogP contribution is 2.30. The van der Waals surface area contributed by atoms with E-state index in [2.05, 4.69) is 42.0 Å². The van der Waals surface area contributed by atoms with Gasteiger partial charge in [0, 0.05) is 36.9 Å². The van der Waals surface area contributed by atoms with E-state index in [0.29, 0.717) is 6.04 Å². The van der Waals surface area contributed by atoms with Crippen molar-refractivity contribution < 1.29 is 5.11 Å². The van der Waals surface area contributed by atoms with E-state index in [-0.39, 0.29) is 6.10 Å². The van der Waals surface area contributed by atoms with Crippen LogP contribution in [0.25, 0.3) is 0 Å². The molecule has 1 N–H and O–H groups in total. The second kappa shape index (κ2) is 5.72. The monoisotopic (exact) mass is 248 g/mol. The first-order valence-electron chi connectivity index (χ1n) is 6.85. The predicted molar refractivity (Wildman–Crippen MR) is 76.0 cm³/mol. The molecule has 3 nitrogen and oxygen atoms in total. The van der Waals surface area contributed by atoms with Crippen LogP contribution in [0.5, 0.6) is 0 Å². The lowest BCUT2D eigenvalue weighted by atomic mass is 10.0. The molecule has 2 atom stereocenters. The van der Waals surface area contributed by atoms with E-state index in [1.807, 2.05) is 13.0 Å². The highest BCUT2D eigenvalue weighted by molar-refractivity contribution is 5.55. The molecule has 1 aromatic rings. The number of rotatable bonds is 3. The van der Waals surface area contributed by atoms with Gasteiger partial charge < -0.3 is 14.9 Å². The van der Waals surface area contributed by atoms with E-state index < -0.39 is 0 Å². The zero-order valence-electron chi connectivity index (χ0n) is 11.6. The number of hydrogen-bond donors (Lipinski definition) is 1. The zero-order valence-corrected chi connectivity index (χ0v) is 11.6. The number of piperazine rings is 1. The molecule has 0 aromatic heterocycles. The van der Waals surface area contributed by atoms with Gasteiger partial charge in [-0.2, -0.15) is 0 Å². The molecule has 0 radical (unpaired) electrons. The number of aliphatic hydroxyl groups excluding tert-OH is 1. The van der Waals surface area contributed by atoms with Crippen LogP contribution in [0.2, 0.25) is 0 Å². The summed E-state index contributed by atoms with van der Waals surface area (Å²) in [7, 11) is 2.17. The summed E-state index contributed by atoms with van der Waals surface area (Å²) in [6.07, 6.45) is 0.409. The van der Waals surface area contributed by atoms with Crippen LogP contribution in [0.3, 0.4) is 0 Å². The maximum atomic E-state index is 10.1. The summed E-state index contributed by atoms with van der Waals surface area (Å²) < 4.78 is 0. The number of aliphatic hydroxyl groups is 1. The van der Waals surface area contributed by atoms with Crippen LogP contribution in [-0.4, -0.2) is 42.7 Å². The van der Waals surface area contributed by atoms with E-state index in [4.69, 9.17) is 0 Å². The molecule has 2 rings (SSSR count). The van der Waals surface area contributed by atoms with Gasteiger partial charge >= 0.3 is 0 Å². The van der Waals surface area contributed by atoms with Gasteiger partial charge in [0.15, 0.2) is 0 Å². The van der Waals surface area contributed by atoms with Crippen LogP contribution < -0.4 is 4.90 Å². The Morgan fingerprint density at radius 2 is 2.06 bits per heavy atom. The Morgan fingerprint density at radius 3 is 2.72 bits per heavy atom. The van der Waals surface area contributed by atoms with E-state index >= 15 is 0 Å². The maximum absolute atomic E-state index is 10.1. The third-order valence-corrected chi connectivity index (χ3v) is 3.82. The number of likely N-dealkylation sites (N-methyl/N-ethyl adjacent to an activating group) is 1. The van der Waals surface area contributed by atoms with Gasteiger partial charge in [-0.05, 0) is 26.5 Å². The molecule has 1 aliphatic rings. The fourth-order valence-corrected chi connectivity index (χ4v) is 2.75. The summed E-state index contributed by atoms with van der Waals surface area (Å²) in [5.74, 6) is 0. The summed E-state index contributed by atoms with van der Waals surface area (Å²) in [5.41, 5.74) is 2.27. The lowest BCUT2D eigenvalue weighted by Gasteiger charge is -2.41. The minimum Gasteiger partial charge on any atom is -0.388 e. The first kappa shape index (κ1) is 13.4. The number of nitrogens with zero attached hydrogens (tertiary/aromatic N) is 2. The van der Waals surface area contributed by atoms with Crippen molar-refractivity contribution in [3.63, 3.8) is 0 Å². The summed E-state index contributed by atoms with van der Waals surface area (Å²) >= 11 is 0. The largest absolute Gasteiger partial charge is 0.388 e. The standard InChI is InChI=1S/C15H24N2O/c1-4-15(18)13-7-5-6-8-14(13)17-10-9-16(3)11-12(17)2/h5-8,12,15,18H,4,9-11H2,1-3H3/t12?,15-/m1/s1. The summed E-state index contributed by atoms with van der Waals surface area (Å²) in [5, 5.41) is 10.1. The Hall–Kier alpha value is -1.06. The molecule has 1 unspecified atom stereocenters. The van der Waals surface area contributed by atoms with E-state index in [9.17, 15) is 5.11 Å². The van der Waals surface area contributed by atoms with Crippen molar-refractivity contribution in [1.29, 1.82) is 0 Å². The molecule has 0 bridgehead atoms. The minimum atomic E-state index is -0.354. The average Bonchev–Trinajstić information content (AvgIpc) is 2.38. The second-order valence-electron chi connectivity index (χ2n) is 5.29. The van der Waals surface area contributed by atoms with E-state index in [0.717, 1.165) is 31.6 Å². The van der Waals surface area contributed by atoms with Crippen molar-refractivity contribution in [2.45, 2.75) is 32.4 Å². The van der Waals surface area contributed by atoms with E-state index in [1.54, 1.807) is 0 Å². The van der Waals surface area contributed by atoms with Gasteiger partial charge in [-0.3, -0.25) is 0 Å². The fraction of sp³-hybridized carbons (Fsp3) is 0.600. The van der Waals surface area contributed by atoms with Crippen molar-refractivity contribution in [2.24, 2.45) is 0 Å². The Morgan fingerprint density at radius 1 is 1.33 bits per heavy atom. The Bertz CT molecular complexity index is 394. The lowest BCUT2D eigenvalue weighted by molar-refractivity contribution is 0.173. The fourth-order valence-electron chi connectivity index (χ4n) is 2.75. The van der Waals surface area contributed by atoms with Crippen molar-refractivity contribution in [1.82, 2.24) is 4.90 Å². The van der Waals surface area contributed by atoms with Gasteiger partial charge in [0.2, 0.25) is 0 Å². The molecule has 1 fully saturated rings. The highest BCUT2D eigenvalue weighted by atomic mass is 16.3. The zero-order chi connectivity index (χ0) is 13.1. The van der Waals surface area contributed by atoms with Crippen LogP contribution in [-0.2, 0) is 0 Å². The molecule has 1 heterocycles. The second-order valence-corrected chi connectivity index (χ2v) is 5.29. The smallest absolute Gasteiger partial charge is 0.0807 e. The van der Waals surface area contributed by atoms with Crippen molar-refractivity contribution in [2.75, 3.05) is 31.6 Å². The quantitative estimate of drug-likeness (QED) is 0.889. The van der Waals surface area contributed by atoms with Gasteiger partial charge in [-0.15, -0.1) is 0 Å². The molecule has 1 saturated heterocycles. The third-order valence-electron chi connectivity index (χ3n) is 3.82. The van der Waals surface area contributed by atoms with Crippen molar-refractivity contribution in [3.05, 3.63) is 29.8 Å². The normalized spacial score (nSPS) is 23.1. The lowest BCUT2D eigenvalue weighted by Crippen LogP contribution is -2.50. The molecule has 0 aliphatic carbocycles. The third kappa shape index (κ3) is 2.68. The molecule has 0 spiro atoms. The molecule has 0 saturated carbocycles. The van der Waals surface area contributed by atoms with Crippen molar-refractivity contribution in [3.8, 4) is 0 Å². The minimum absolute atomic E-state index is 0.354. The molecule has 3 heteroatoms. The van der Waals surface area contributed by atoms with Gasteiger partial charge in [0.05, 0.1) is 6.10 Å². The van der Waals surface area contributed by atoms with Crippen LogP contribution in [0.15, 0.2) is 24.3 Å². The molecule has 1 aliphatic heterocycles. The van der Waals surface area contributed by atoms with Crippen molar-refractivity contribution >= 4 is 5.69 Å². The van der Waals surface area contributed by atoms with Crippen LogP contribution >= 0.6 is 0 Å². The predicted octanol–water partition coefficient (Wildman–Crippen LogP) is 2.27. The number of para-hydroxylation sites is 1. The number of anilines is 1. The molecule has 18 heavy (non-hydrogen) atoms. The van der Waals surface area contributed by atoms with Crippen LogP contribution in [0, 0.1) is 0 Å². The average molecular weight is 248 g/mol. The van der Waals surface area contributed by atoms with Gasteiger partial charge in [-0.25, -0.2) is 0 Å². The maximum Gasteiger partial charge on any atom is 0.0807 e. The Kier molecular flexibility index (Phi) is 4.25. The highest BCUT2D eigenvalue weighted by Gasteiger charge is 2.24. The Labute approximate surface area is 110 Å². The summed E-state index contributed by atoms with van der Waals surface area (Å²) in [6.45, 7) is 7.47. The van der Waals surface area contributed by atoms with Crippen LogP contribution in [0.4, 0.5) is 5.69 Å². The molecular weight excluding hydrogens is 224 g/mol. The molecule has 0 amide bonds. The molecular formula is C15H24N2O. The van der Waals surface area contributed by atoms with Gasteiger partial charge in [0.1, 0.15) is 0 Å². The van der Waals surface area contributed by atoms with Crippen LogP contribution in [0.1, 0.15) is 31.9 Å². The SMILES string of the molecule is CC[C@@H](O)c1ccccc1N1CCN(C)CC1C. The first-order valence-corrected chi connectivity index (χ1v) is 6.85. The van der Waals surface area contributed by atoms with Gasteiger partial charge in [0.25, 0.3) is 0 Å². The van der Waals surface area contributed by atoms with E-state index in [1.165, 1.54) is 5.69 Å². The number of benzene rings is 1.